The minimum Gasteiger partial charge on any atom is -0.370 e. The maximum atomic E-state index is 4.54. The number of nitrogens with zero attached hydrogens (tertiary/aromatic N) is 1. The molecule has 0 unspecified atom stereocenters. The molecule has 1 aromatic rings. The van der Waals surface area contributed by atoms with Crippen LogP contribution in [0.25, 0.3) is 0 Å². The number of anilines is 1. The zero-order valence-electron chi connectivity index (χ0n) is 12.2. The molecule has 1 rings (SSSR count). The summed E-state index contributed by atoms with van der Waals surface area (Å²) in [7, 11) is 0. The van der Waals surface area contributed by atoms with Crippen molar-refractivity contribution in [3.05, 3.63) is 23.4 Å². The third kappa shape index (κ3) is 5.05. The van der Waals surface area contributed by atoms with Crippen LogP contribution in [-0.2, 0) is 6.54 Å². The van der Waals surface area contributed by atoms with Crippen LogP contribution in [0.3, 0.4) is 0 Å². The first kappa shape index (κ1) is 15.0. The average molecular weight is 249 g/mol. The highest BCUT2D eigenvalue weighted by atomic mass is 15.0. The lowest BCUT2D eigenvalue weighted by Crippen LogP contribution is -2.15. The van der Waals surface area contributed by atoms with Gasteiger partial charge in [-0.25, -0.2) is 4.98 Å². The Hall–Kier alpha value is -1.09. The Morgan fingerprint density at radius 1 is 1.17 bits per heavy atom. The van der Waals surface area contributed by atoms with Crippen LogP contribution in [-0.4, -0.2) is 18.1 Å². The van der Waals surface area contributed by atoms with Crippen molar-refractivity contribution < 1.29 is 0 Å². The molecule has 0 aliphatic rings. The van der Waals surface area contributed by atoms with E-state index in [2.05, 4.69) is 55.4 Å². The smallest absolute Gasteiger partial charge is 0.126 e. The number of nitrogens with one attached hydrogen (secondary N) is 2. The van der Waals surface area contributed by atoms with E-state index < -0.39 is 0 Å². The molecule has 18 heavy (non-hydrogen) atoms. The zero-order valence-corrected chi connectivity index (χ0v) is 12.2. The summed E-state index contributed by atoms with van der Waals surface area (Å²) in [6.07, 6.45) is 2.44. The summed E-state index contributed by atoms with van der Waals surface area (Å²) in [4.78, 5) is 4.54. The van der Waals surface area contributed by atoms with Crippen LogP contribution >= 0.6 is 0 Å². The minimum absolute atomic E-state index is 0.740. The van der Waals surface area contributed by atoms with E-state index in [0.717, 1.165) is 37.1 Å². The average Bonchev–Trinajstić information content (AvgIpc) is 2.37. The predicted octanol–water partition coefficient (Wildman–Crippen LogP) is 3.35. The number of rotatable bonds is 8. The second-order valence-corrected chi connectivity index (χ2v) is 4.85. The van der Waals surface area contributed by atoms with Gasteiger partial charge >= 0.3 is 0 Å². The molecule has 0 aliphatic heterocycles. The summed E-state index contributed by atoms with van der Waals surface area (Å²) in [6.45, 7) is 11.6. The molecule has 3 heteroatoms. The van der Waals surface area contributed by atoms with Gasteiger partial charge in [0.05, 0.1) is 0 Å². The fraction of sp³-hybridized carbons (Fsp3) is 0.667. The fourth-order valence-corrected chi connectivity index (χ4v) is 2.03. The van der Waals surface area contributed by atoms with Gasteiger partial charge in [0, 0.05) is 18.8 Å². The number of pyridine rings is 1. The van der Waals surface area contributed by atoms with Crippen molar-refractivity contribution in [1.82, 2.24) is 10.3 Å². The summed E-state index contributed by atoms with van der Waals surface area (Å²) in [5.41, 5.74) is 2.38. The summed E-state index contributed by atoms with van der Waals surface area (Å²) in [5, 5.41) is 6.82. The van der Waals surface area contributed by atoms with Gasteiger partial charge < -0.3 is 10.6 Å². The van der Waals surface area contributed by atoms with Crippen LogP contribution < -0.4 is 10.6 Å². The van der Waals surface area contributed by atoms with E-state index in [1.807, 2.05) is 0 Å². The van der Waals surface area contributed by atoms with Crippen molar-refractivity contribution in [2.45, 2.75) is 47.1 Å². The third-order valence-corrected chi connectivity index (χ3v) is 3.32. The maximum Gasteiger partial charge on any atom is 0.126 e. The van der Waals surface area contributed by atoms with Gasteiger partial charge in [-0.3, -0.25) is 0 Å². The van der Waals surface area contributed by atoms with Gasteiger partial charge in [-0.1, -0.05) is 33.6 Å². The van der Waals surface area contributed by atoms with Gasteiger partial charge in [0.25, 0.3) is 0 Å². The van der Waals surface area contributed by atoms with E-state index >= 15 is 0 Å². The van der Waals surface area contributed by atoms with Gasteiger partial charge in [-0.05, 0) is 37.1 Å². The Balaban J connectivity index is 2.61. The minimum atomic E-state index is 0.740. The van der Waals surface area contributed by atoms with E-state index in [9.17, 15) is 0 Å². The van der Waals surface area contributed by atoms with Gasteiger partial charge in [0.2, 0.25) is 0 Å². The first-order valence-electron chi connectivity index (χ1n) is 7.11. The molecule has 0 bridgehead atoms. The summed E-state index contributed by atoms with van der Waals surface area (Å²) in [6, 6.07) is 4.29. The summed E-state index contributed by atoms with van der Waals surface area (Å²) in [5.74, 6) is 1.75. The van der Waals surface area contributed by atoms with E-state index in [4.69, 9.17) is 0 Å². The molecular formula is C15H27N3. The third-order valence-electron chi connectivity index (χ3n) is 3.32. The molecule has 0 aliphatic carbocycles. The molecule has 1 heterocycles. The van der Waals surface area contributed by atoms with Crippen LogP contribution in [0.15, 0.2) is 12.1 Å². The van der Waals surface area contributed by atoms with Crippen LogP contribution in [0.2, 0.25) is 0 Å². The molecule has 102 valence electrons. The van der Waals surface area contributed by atoms with Crippen molar-refractivity contribution in [2.24, 2.45) is 5.92 Å². The maximum absolute atomic E-state index is 4.54. The molecule has 2 N–H and O–H groups in total. The topological polar surface area (TPSA) is 37.0 Å². The van der Waals surface area contributed by atoms with Gasteiger partial charge in [-0.2, -0.15) is 0 Å². The Morgan fingerprint density at radius 2 is 1.89 bits per heavy atom. The van der Waals surface area contributed by atoms with Crippen molar-refractivity contribution in [2.75, 3.05) is 18.4 Å². The molecule has 0 aromatic carbocycles. The monoisotopic (exact) mass is 249 g/mol. The number of aromatic nitrogens is 1. The van der Waals surface area contributed by atoms with Crippen LogP contribution in [0.4, 0.5) is 5.82 Å². The molecule has 0 spiro atoms. The van der Waals surface area contributed by atoms with Crippen molar-refractivity contribution >= 4 is 5.82 Å². The molecule has 3 nitrogen and oxygen atoms in total. The number of hydrogen-bond acceptors (Lipinski definition) is 3. The molecule has 0 radical (unpaired) electrons. The lowest BCUT2D eigenvalue weighted by atomic mass is 10.0. The fourth-order valence-electron chi connectivity index (χ4n) is 2.03. The molecular weight excluding hydrogens is 222 g/mol. The van der Waals surface area contributed by atoms with E-state index in [0.29, 0.717) is 0 Å². The van der Waals surface area contributed by atoms with Crippen molar-refractivity contribution in [3.8, 4) is 0 Å². The predicted molar refractivity (Wildman–Crippen MR) is 78.9 cm³/mol. The lowest BCUT2D eigenvalue weighted by Gasteiger charge is -2.15. The van der Waals surface area contributed by atoms with Crippen LogP contribution in [0, 0.1) is 12.8 Å². The first-order chi connectivity index (χ1) is 8.69. The first-order valence-corrected chi connectivity index (χ1v) is 7.11. The molecule has 0 amide bonds. The lowest BCUT2D eigenvalue weighted by molar-refractivity contribution is 0.518. The molecule has 0 saturated carbocycles. The van der Waals surface area contributed by atoms with Crippen LogP contribution in [0.5, 0.6) is 0 Å². The van der Waals surface area contributed by atoms with E-state index in [1.165, 1.54) is 18.4 Å². The summed E-state index contributed by atoms with van der Waals surface area (Å²) >= 11 is 0. The second-order valence-electron chi connectivity index (χ2n) is 4.85. The Bertz CT molecular complexity index is 346. The summed E-state index contributed by atoms with van der Waals surface area (Å²) < 4.78 is 0. The Morgan fingerprint density at radius 3 is 2.50 bits per heavy atom. The molecule has 0 saturated heterocycles. The Labute approximate surface area is 111 Å². The highest BCUT2D eigenvalue weighted by Crippen LogP contribution is 2.13. The Kier molecular flexibility index (Phi) is 6.73. The van der Waals surface area contributed by atoms with Crippen LogP contribution in [0.1, 0.15) is 44.9 Å². The largest absolute Gasteiger partial charge is 0.370 e. The highest BCUT2D eigenvalue weighted by molar-refractivity contribution is 5.39. The highest BCUT2D eigenvalue weighted by Gasteiger charge is 2.04. The molecule has 1 aromatic heterocycles. The van der Waals surface area contributed by atoms with Crippen molar-refractivity contribution in [1.29, 1.82) is 0 Å². The standard InChI is InChI=1S/C15H27N3/c1-5-13(6-2)11-17-15-9-14(10-16-7-3)8-12(4)18-15/h8-9,13,16H,5-7,10-11H2,1-4H3,(H,17,18). The van der Waals surface area contributed by atoms with Crippen molar-refractivity contribution in [3.63, 3.8) is 0 Å². The van der Waals surface area contributed by atoms with Gasteiger partial charge in [0.1, 0.15) is 5.82 Å². The SMILES string of the molecule is CCNCc1cc(C)nc(NCC(CC)CC)c1. The van der Waals surface area contributed by atoms with Gasteiger partial charge in [0.15, 0.2) is 0 Å². The molecule has 0 atom stereocenters. The zero-order chi connectivity index (χ0) is 13.4. The second kappa shape index (κ2) is 8.09. The normalized spacial score (nSPS) is 10.9. The molecule has 0 fully saturated rings. The number of aryl methyl sites for hydroxylation is 1. The van der Waals surface area contributed by atoms with Gasteiger partial charge in [-0.15, -0.1) is 0 Å². The van der Waals surface area contributed by atoms with E-state index in [1.54, 1.807) is 0 Å². The van der Waals surface area contributed by atoms with E-state index in [-0.39, 0.29) is 0 Å². The number of hydrogen-bond donors (Lipinski definition) is 2. The quantitative estimate of drug-likeness (QED) is 0.742.